The topological polar surface area (TPSA) is 87.7 Å². The van der Waals surface area contributed by atoms with Crippen LogP contribution in [-0.4, -0.2) is 46.4 Å². The summed E-state index contributed by atoms with van der Waals surface area (Å²) in [5, 5.41) is 18.4. The number of phenols is 1. The van der Waals surface area contributed by atoms with E-state index in [0.29, 0.717) is 47.1 Å². The summed E-state index contributed by atoms with van der Waals surface area (Å²) in [6, 6.07) is 19.9. The minimum atomic E-state index is -0.418. The highest BCUT2D eigenvalue weighted by Crippen LogP contribution is 2.45. The monoisotopic (exact) mass is 503 g/mol. The number of ether oxygens (including phenoxy) is 2. The molecule has 8 heteroatoms. The van der Waals surface area contributed by atoms with Gasteiger partial charge in [-0.15, -0.1) is 0 Å². The predicted octanol–water partition coefficient (Wildman–Crippen LogP) is 5.63. The van der Waals surface area contributed by atoms with Crippen molar-refractivity contribution in [2.75, 3.05) is 20.3 Å². The average molecular weight is 504 g/mol. The fraction of sp³-hybridized carbons (Fsp3) is 0.214. The summed E-state index contributed by atoms with van der Waals surface area (Å²) in [5.74, 6) is 1.40. The van der Waals surface area contributed by atoms with Crippen molar-refractivity contribution in [3.63, 3.8) is 0 Å². The van der Waals surface area contributed by atoms with Gasteiger partial charge in [-0.2, -0.15) is 5.10 Å². The van der Waals surface area contributed by atoms with Crippen LogP contribution in [0.3, 0.4) is 0 Å². The van der Waals surface area contributed by atoms with Gasteiger partial charge in [-0.05, 0) is 66.9 Å². The number of carbonyl (C=O) groups is 1. The van der Waals surface area contributed by atoms with Gasteiger partial charge < -0.3 is 19.5 Å². The molecule has 2 N–H and O–H groups in total. The SMILES string of the molecule is CCOc1cccc(C2c3c(-c4cc(Cl)ccc4O)n[nH]c3C(=O)N2CCc2ccc(OC)cc2)c1. The number of aromatic nitrogens is 2. The van der Waals surface area contributed by atoms with Crippen molar-refractivity contribution >= 4 is 17.5 Å². The van der Waals surface area contributed by atoms with E-state index in [9.17, 15) is 9.90 Å². The number of halogens is 1. The van der Waals surface area contributed by atoms with Crippen LogP contribution in [0.4, 0.5) is 0 Å². The molecule has 1 unspecified atom stereocenters. The van der Waals surface area contributed by atoms with Gasteiger partial charge in [0.1, 0.15) is 28.6 Å². The Balaban J connectivity index is 1.57. The number of amides is 1. The molecule has 1 amide bonds. The number of aromatic hydroxyl groups is 1. The lowest BCUT2D eigenvalue weighted by molar-refractivity contribution is 0.0745. The molecule has 36 heavy (non-hydrogen) atoms. The number of aromatic amines is 1. The predicted molar refractivity (Wildman–Crippen MR) is 138 cm³/mol. The maximum absolute atomic E-state index is 13.6. The molecule has 0 saturated heterocycles. The maximum atomic E-state index is 13.6. The van der Waals surface area contributed by atoms with E-state index in [1.807, 2.05) is 60.4 Å². The average Bonchev–Trinajstić information content (AvgIpc) is 3.43. The molecule has 5 rings (SSSR count). The molecule has 0 fully saturated rings. The third-order valence-corrected chi connectivity index (χ3v) is 6.60. The molecule has 7 nitrogen and oxygen atoms in total. The van der Waals surface area contributed by atoms with Gasteiger partial charge in [0, 0.05) is 22.7 Å². The highest BCUT2D eigenvalue weighted by atomic mass is 35.5. The molecular formula is C28H26ClN3O4. The van der Waals surface area contributed by atoms with Crippen LogP contribution in [-0.2, 0) is 6.42 Å². The van der Waals surface area contributed by atoms with Crippen molar-refractivity contribution in [3.8, 4) is 28.5 Å². The number of hydrogen-bond acceptors (Lipinski definition) is 5. The van der Waals surface area contributed by atoms with E-state index in [1.54, 1.807) is 19.2 Å². The van der Waals surface area contributed by atoms with Crippen LogP contribution < -0.4 is 9.47 Å². The zero-order valence-electron chi connectivity index (χ0n) is 20.0. The van der Waals surface area contributed by atoms with Crippen molar-refractivity contribution in [2.45, 2.75) is 19.4 Å². The van der Waals surface area contributed by atoms with Crippen molar-refractivity contribution in [1.29, 1.82) is 0 Å². The van der Waals surface area contributed by atoms with Crippen LogP contribution in [0.2, 0.25) is 5.02 Å². The number of benzene rings is 3. The fourth-order valence-corrected chi connectivity index (χ4v) is 4.83. The van der Waals surface area contributed by atoms with Crippen LogP contribution in [0.15, 0.2) is 66.7 Å². The maximum Gasteiger partial charge on any atom is 0.273 e. The second-order valence-electron chi connectivity index (χ2n) is 8.53. The highest BCUT2D eigenvalue weighted by Gasteiger charge is 2.42. The first-order chi connectivity index (χ1) is 17.5. The number of nitrogens with zero attached hydrogens (tertiary/aromatic N) is 2. The Morgan fingerprint density at radius 3 is 2.64 bits per heavy atom. The first-order valence-electron chi connectivity index (χ1n) is 11.7. The summed E-state index contributed by atoms with van der Waals surface area (Å²) in [6.45, 7) is 2.95. The number of phenolic OH excluding ortho intramolecular Hbond substituents is 1. The molecule has 184 valence electrons. The fourth-order valence-electron chi connectivity index (χ4n) is 4.66. The Morgan fingerprint density at radius 2 is 1.89 bits per heavy atom. The molecule has 1 atom stereocenters. The van der Waals surface area contributed by atoms with Gasteiger partial charge in [0.05, 0.1) is 19.8 Å². The van der Waals surface area contributed by atoms with Crippen LogP contribution in [0, 0.1) is 0 Å². The van der Waals surface area contributed by atoms with E-state index < -0.39 is 6.04 Å². The summed E-state index contributed by atoms with van der Waals surface area (Å²) in [7, 11) is 1.63. The van der Waals surface area contributed by atoms with Gasteiger partial charge in [0.15, 0.2) is 0 Å². The number of carbonyl (C=O) groups excluding carboxylic acids is 1. The lowest BCUT2D eigenvalue weighted by Crippen LogP contribution is -2.31. The van der Waals surface area contributed by atoms with Crippen LogP contribution >= 0.6 is 11.6 Å². The van der Waals surface area contributed by atoms with Gasteiger partial charge in [-0.25, -0.2) is 0 Å². The van der Waals surface area contributed by atoms with E-state index in [-0.39, 0.29) is 11.7 Å². The molecule has 2 heterocycles. The number of H-pyrrole nitrogens is 1. The second-order valence-corrected chi connectivity index (χ2v) is 8.96. The Kier molecular flexibility index (Phi) is 6.57. The molecule has 4 aromatic rings. The Hall–Kier alpha value is -3.97. The minimum absolute atomic E-state index is 0.0413. The quantitative estimate of drug-likeness (QED) is 0.325. The van der Waals surface area contributed by atoms with Gasteiger partial charge in [0.2, 0.25) is 0 Å². The molecular weight excluding hydrogens is 478 g/mol. The Bertz CT molecular complexity index is 1400. The van der Waals surface area contributed by atoms with E-state index in [2.05, 4.69) is 10.2 Å². The summed E-state index contributed by atoms with van der Waals surface area (Å²) in [4.78, 5) is 15.5. The smallest absolute Gasteiger partial charge is 0.273 e. The molecule has 1 aliphatic heterocycles. The number of methoxy groups -OCH3 is 1. The molecule has 0 spiro atoms. The summed E-state index contributed by atoms with van der Waals surface area (Å²) in [5.41, 5.74) is 4.07. The Labute approximate surface area is 214 Å². The first kappa shape index (κ1) is 23.8. The van der Waals surface area contributed by atoms with E-state index in [4.69, 9.17) is 21.1 Å². The van der Waals surface area contributed by atoms with Crippen LogP contribution in [0.5, 0.6) is 17.2 Å². The number of rotatable bonds is 8. The zero-order chi connectivity index (χ0) is 25.2. The van der Waals surface area contributed by atoms with Gasteiger partial charge in [-0.1, -0.05) is 35.9 Å². The largest absolute Gasteiger partial charge is 0.507 e. The number of hydrogen-bond donors (Lipinski definition) is 2. The van der Waals surface area contributed by atoms with Crippen molar-refractivity contribution < 1.29 is 19.4 Å². The highest BCUT2D eigenvalue weighted by molar-refractivity contribution is 6.31. The summed E-state index contributed by atoms with van der Waals surface area (Å²) < 4.78 is 11.0. The molecule has 0 bridgehead atoms. The molecule has 0 aliphatic carbocycles. The first-order valence-corrected chi connectivity index (χ1v) is 12.1. The van der Waals surface area contributed by atoms with E-state index >= 15 is 0 Å². The van der Waals surface area contributed by atoms with Crippen molar-refractivity contribution in [2.24, 2.45) is 0 Å². The molecule has 1 aromatic heterocycles. The Morgan fingerprint density at radius 1 is 1.08 bits per heavy atom. The number of nitrogens with one attached hydrogen (secondary N) is 1. The van der Waals surface area contributed by atoms with Gasteiger partial charge >= 0.3 is 0 Å². The van der Waals surface area contributed by atoms with Crippen molar-refractivity contribution in [1.82, 2.24) is 15.1 Å². The second kappa shape index (κ2) is 9.95. The third kappa shape index (κ3) is 4.38. The zero-order valence-corrected chi connectivity index (χ0v) is 20.7. The minimum Gasteiger partial charge on any atom is -0.507 e. The lowest BCUT2D eigenvalue weighted by Gasteiger charge is -2.27. The van der Waals surface area contributed by atoms with Crippen LogP contribution in [0.1, 0.15) is 40.1 Å². The molecule has 1 aliphatic rings. The van der Waals surface area contributed by atoms with Crippen molar-refractivity contribution in [3.05, 3.63) is 94.1 Å². The lowest BCUT2D eigenvalue weighted by atomic mass is 9.95. The molecule has 0 radical (unpaired) electrons. The summed E-state index contributed by atoms with van der Waals surface area (Å²) in [6.07, 6.45) is 0.660. The standard InChI is InChI=1S/C28H26ClN3O4/c1-3-36-21-6-4-5-18(15-21)27-24-25(22-16-19(29)9-12-23(22)33)30-31-26(24)28(34)32(27)14-13-17-7-10-20(35-2)11-8-17/h4-12,15-16,27,33H,3,13-14H2,1-2H3,(H,30,31). The third-order valence-electron chi connectivity index (χ3n) is 6.36. The number of fused-ring (bicyclic) bond motifs is 1. The van der Waals surface area contributed by atoms with E-state index in [1.165, 1.54) is 6.07 Å². The molecule has 3 aromatic carbocycles. The summed E-state index contributed by atoms with van der Waals surface area (Å²) >= 11 is 6.24. The normalized spacial score (nSPS) is 14.7. The van der Waals surface area contributed by atoms with Gasteiger partial charge in [0.25, 0.3) is 5.91 Å². The van der Waals surface area contributed by atoms with E-state index in [0.717, 1.165) is 22.6 Å². The van der Waals surface area contributed by atoms with Gasteiger partial charge in [-0.3, -0.25) is 9.89 Å². The molecule has 0 saturated carbocycles. The van der Waals surface area contributed by atoms with Crippen LogP contribution in [0.25, 0.3) is 11.3 Å².